The topological polar surface area (TPSA) is 113 Å². The lowest BCUT2D eigenvalue weighted by Gasteiger charge is -2.06. The zero-order valence-corrected chi connectivity index (χ0v) is 15.5. The van der Waals surface area contributed by atoms with E-state index < -0.39 is 21.4 Å². The van der Waals surface area contributed by atoms with Gasteiger partial charge in [-0.2, -0.15) is 18.4 Å². The first-order chi connectivity index (χ1) is 13.0. The molecule has 0 saturated heterocycles. The number of benzene rings is 2. The van der Waals surface area contributed by atoms with E-state index in [2.05, 4.69) is 5.32 Å². The summed E-state index contributed by atoms with van der Waals surface area (Å²) in [4.78, 5) is 12.0. The van der Waals surface area contributed by atoms with Crippen LogP contribution >= 0.6 is 11.8 Å². The number of thioether (sulfide) groups is 1. The largest absolute Gasteiger partial charge is 0.446 e. The Kier molecular flexibility index (Phi) is 6.50. The molecule has 0 aliphatic heterocycles. The molecule has 28 heavy (non-hydrogen) atoms. The molecule has 146 valence electrons. The predicted octanol–water partition coefficient (Wildman–Crippen LogP) is 3.49. The highest BCUT2D eigenvalue weighted by atomic mass is 32.2. The van der Waals surface area contributed by atoms with Crippen molar-refractivity contribution in [1.29, 1.82) is 5.26 Å². The minimum absolute atomic E-state index is 0.0254. The van der Waals surface area contributed by atoms with Gasteiger partial charge in [0.05, 0.1) is 4.90 Å². The molecule has 0 bridgehead atoms. The van der Waals surface area contributed by atoms with Crippen LogP contribution in [0.15, 0.2) is 63.9 Å². The monoisotopic (exact) mass is 427 g/mol. The summed E-state index contributed by atoms with van der Waals surface area (Å²) in [5, 5.41) is 16.6. The zero-order chi connectivity index (χ0) is 20.9. The van der Waals surface area contributed by atoms with E-state index in [-0.39, 0.29) is 32.8 Å². The minimum atomic E-state index is -4.41. The Balaban J connectivity index is 2.13. The Morgan fingerprint density at radius 2 is 1.68 bits per heavy atom. The standard InChI is InChI=1S/C17H12F3N3O3S2/c18-17(19,20)27-14-5-1-11(2-6-14)9-12(10-21)16(24)23-13-3-7-15(8-4-13)28(22,25)26/h1-9H,(H,23,24)(H2,22,25,26)/b12-9+. The third kappa shape index (κ3) is 6.41. The van der Waals surface area contributed by atoms with Crippen LogP contribution in [0.25, 0.3) is 6.08 Å². The summed E-state index contributed by atoms with van der Waals surface area (Å²) in [7, 11) is -3.87. The van der Waals surface area contributed by atoms with Gasteiger partial charge in [0, 0.05) is 10.6 Å². The molecule has 0 saturated carbocycles. The number of hydrogen-bond acceptors (Lipinski definition) is 5. The van der Waals surface area contributed by atoms with E-state index in [0.29, 0.717) is 5.56 Å². The molecule has 1 amide bonds. The predicted molar refractivity (Wildman–Crippen MR) is 98.4 cm³/mol. The average Bonchev–Trinajstić information content (AvgIpc) is 2.59. The van der Waals surface area contributed by atoms with Crippen molar-refractivity contribution in [2.24, 2.45) is 5.14 Å². The molecule has 0 unspecified atom stereocenters. The fourth-order valence-electron chi connectivity index (χ4n) is 2.01. The molecule has 2 rings (SSSR count). The number of halogens is 3. The van der Waals surface area contributed by atoms with E-state index in [1.807, 2.05) is 0 Å². The molecule has 11 heteroatoms. The molecule has 0 fully saturated rings. The Labute approximate surface area is 162 Å². The minimum Gasteiger partial charge on any atom is -0.321 e. The number of primary sulfonamides is 1. The number of amides is 1. The molecule has 0 heterocycles. The summed E-state index contributed by atoms with van der Waals surface area (Å²) < 4.78 is 59.4. The van der Waals surface area contributed by atoms with Gasteiger partial charge in [-0.1, -0.05) is 12.1 Å². The fourth-order valence-corrected chi connectivity index (χ4v) is 3.06. The Morgan fingerprint density at radius 1 is 1.11 bits per heavy atom. The van der Waals surface area contributed by atoms with Gasteiger partial charge in [-0.15, -0.1) is 0 Å². The fraction of sp³-hybridized carbons (Fsp3) is 0.0588. The molecule has 3 N–H and O–H groups in total. The third-order valence-electron chi connectivity index (χ3n) is 3.23. The number of sulfonamides is 1. The lowest BCUT2D eigenvalue weighted by Crippen LogP contribution is -2.14. The maximum absolute atomic E-state index is 12.3. The highest BCUT2D eigenvalue weighted by Crippen LogP contribution is 2.36. The number of alkyl halides is 3. The second-order valence-corrected chi connectivity index (χ2v) is 8.01. The maximum Gasteiger partial charge on any atom is 0.446 e. The number of carbonyl (C=O) groups excluding carboxylic acids is 1. The van der Waals surface area contributed by atoms with Gasteiger partial charge in [-0.3, -0.25) is 4.79 Å². The number of nitriles is 1. The molecule has 0 aliphatic rings. The summed E-state index contributed by atoms with van der Waals surface area (Å²) in [6, 6.07) is 11.8. The van der Waals surface area contributed by atoms with Crippen molar-refractivity contribution in [2.45, 2.75) is 15.3 Å². The van der Waals surface area contributed by atoms with Crippen LogP contribution < -0.4 is 10.5 Å². The van der Waals surface area contributed by atoms with Crippen LogP contribution in [-0.4, -0.2) is 19.8 Å². The van der Waals surface area contributed by atoms with Crippen molar-refractivity contribution in [1.82, 2.24) is 0 Å². The molecule has 0 atom stereocenters. The number of carbonyl (C=O) groups is 1. The third-order valence-corrected chi connectivity index (χ3v) is 4.90. The van der Waals surface area contributed by atoms with Gasteiger partial charge < -0.3 is 5.32 Å². The summed E-state index contributed by atoms with van der Waals surface area (Å²) in [6.45, 7) is 0. The Morgan fingerprint density at radius 3 is 2.14 bits per heavy atom. The first kappa shape index (κ1) is 21.5. The molecule has 0 radical (unpaired) electrons. The summed E-state index contributed by atoms with van der Waals surface area (Å²) in [5.41, 5.74) is -4.10. The zero-order valence-electron chi connectivity index (χ0n) is 13.9. The van der Waals surface area contributed by atoms with E-state index in [4.69, 9.17) is 10.4 Å². The van der Waals surface area contributed by atoms with E-state index in [1.54, 1.807) is 6.07 Å². The molecule has 0 aliphatic carbocycles. The normalized spacial score (nSPS) is 12.3. The van der Waals surface area contributed by atoms with Crippen molar-refractivity contribution < 1.29 is 26.4 Å². The van der Waals surface area contributed by atoms with Gasteiger partial charge in [0.25, 0.3) is 5.91 Å². The van der Waals surface area contributed by atoms with Crippen molar-refractivity contribution in [3.05, 3.63) is 59.7 Å². The molecular formula is C17H12F3N3O3S2. The van der Waals surface area contributed by atoms with Crippen molar-refractivity contribution in [3.8, 4) is 6.07 Å². The van der Waals surface area contributed by atoms with E-state index >= 15 is 0 Å². The number of hydrogen-bond donors (Lipinski definition) is 2. The van der Waals surface area contributed by atoms with Crippen LogP contribution in [0.2, 0.25) is 0 Å². The number of nitrogens with zero attached hydrogens (tertiary/aromatic N) is 1. The first-order valence-electron chi connectivity index (χ1n) is 7.40. The first-order valence-corrected chi connectivity index (χ1v) is 9.76. The van der Waals surface area contributed by atoms with Crippen LogP contribution in [0.4, 0.5) is 18.9 Å². The van der Waals surface area contributed by atoms with Gasteiger partial charge >= 0.3 is 5.51 Å². The lowest BCUT2D eigenvalue weighted by atomic mass is 10.1. The van der Waals surface area contributed by atoms with Gasteiger partial charge in [0.1, 0.15) is 11.6 Å². The SMILES string of the molecule is N#C/C(=C\c1ccc(SC(F)(F)F)cc1)C(=O)Nc1ccc(S(N)(=O)=O)cc1. The Hall–Kier alpha value is -2.81. The summed E-state index contributed by atoms with van der Waals surface area (Å²) in [6.07, 6.45) is 1.22. The quantitative estimate of drug-likeness (QED) is 0.431. The smallest absolute Gasteiger partial charge is 0.321 e. The molecule has 0 spiro atoms. The van der Waals surface area contributed by atoms with Crippen molar-refractivity contribution in [3.63, 3.8) is 0 Å². The van der Waals surface area contributed by atoms with Gasteiger partial charge in [0.2, 0.25) is 10.0 Å². The van der Waals surface area contributed by atoms with E-state index in [1.165, 1.54) is 54.6 Å². The highest BCUT2D eigenvalue weighted by molar-refractivity contribution is 8.00. The van der Waals surface area contributed by atoms with Crippen LogP contribution in [-0.2, 0) is 14.8 Å². The van der Waals surface area contributed by atoms with Gasteiger partial charge in [-0.25, -0.2) is 13.6 Å². The van der Waals surface area contributed by atoms with E-state index in [0.717, 1.165) is 0 Å². The number of nitrogens with one attached hydrogen (secondary N) is 1. The van der Waals surface area contributed by atoms with E-state index in [9.17, 15) is 26.4 Å². The highest BCUT2D eigenvalue weighted by Gasteiger charge is 2.28. The maximum atomic E-state index is 12.3. The second kappa shape index (κ2) is 8.47. The van der Waals surface area contributed by atoms with Crippen LogP contribution in [0.3, 0.4) is 0 Å². The second-order valence-electron chi connectivity index (χ2n) is 5.31. The van der Waals surface area contributed by atoms with Crippen molar-refractivity contribution >= 4 is 39.5 Å². The molecule has 0 aromatic heterocycles. The number of rotatable bonds is 5. The van der Waals surface area contributed by atoms with Crippen molar-refractivity contribution in [2.75, 3.05) is 5.32 Å². The molecule has 2 aromatic rings. The Bertz CT molecular complexity index is 1040. The van der Waals surface area contributed by atoms with Crippen LogP contribution in [0, 0.1) is 11.3 Å². The summed E-state index contributed by atoms with van der Waals surface area (Å²) in [5.74, 6) is -0.764. The molecule has 2 aromatic carbocycles. The van der Waals surface area contributed by atoms with Gasteiger partial charge in [-0.05, 0) is 59.8 Å². The van der Waals surface area contributed by atoms with Crippen LogP contribution in [0.1, 0.15) is 5.56 Å². The number of anilines is 1. The molecular weight excluding hydrogens is 415 g/mol. The average molecular weight is 427 g/mol. The van der Waals surface area contributed by atoms with Gasteiger partial charge in [0.15, 0.2) is 0 Å². The summed E-state index contributed by atoms with van der Waals surface area (Å²) >= 11 is -0.272. The lowest BCUT2D eigenvalue weighted by molar-refractivity contribution is -0.112. The number of nitrogens with two attached hydrogens (primary N) is 1. The molecule has 6 nitrogen and oxygen atoms in total. The van der Waals surface area contributed by atoms with Crippen LogP contribution in [0.5, 0.6) is 0 Å².